The van der Waals surface area contributed by atoms with Crippen molar-refractivity contribution in [3.63, 3.8) is 0 Å². The molecule has 0 aliphatic carbocycles. The molecule has 0 unspecified atom stereocenters. The zero-order valence-electron chi connectivity index (χ0n) is 18.3. The van der Waals surface area contributed by atoms with Crippen LogP contribution in [0.15, 0.2) is 54.7 Å². The molecular weight excluding hydrogens is 438 g/mol. The monoisotopic (exact) mass is 461 g/mol. The smallest absolute Gasteiger partial charge is 0.264 e. The molecule has 1 fully saturated rings. The van der Waals surface area contributed by atoms with E-state index in [0.717, 1.165) is 27.4 Å². The van der Waals surface area contributed by atoms with Crippen LogP contribution in [0.3, 0.4) is 0 Å². The molecule has 0 saturated carbocycles. The normalized spacial score (nSPS) is 15.8. The van der Waals surface area contributed by atoms with Crippen molar-refractivity contribution in [2.75, 3.05) is 27.2 Å². The largest absolute Gasteiger partial charge is 0.456 e. The third-order valence-corrected chi connectivity index (χ3v) is 7.03. The van der Waals surface area contributed by atoms with E-state index in [1.165, 1.54) is 11.3 Å². The zero-order chi connectivity index (χ0) is 22.9. The number of hydrogen-bond donors (Lipinski definition) is 1. The molecule has 0 bridgehead atoms. The molecule has 5 rings (SSSR count). The molecule has 7 nitrogen and oxygen atoms in total. The molecule has 8 heteroatoms. The first-order valence-electron chi connectivity index (χ1n) is 10.7. The number of rotatable bonds is 5. The number of carbonyl (C=O) groups excluding carboxylic acids is 2. The Morgan fingerprint density at radius 1 is 1.18 bits per heavy atom. The lowest BCUT2D eigenvalue weighted by Gasteiger charge is -2.14. The van der Waals surface area contributed by atoms with Gasteiger partial charge in [0.15, 0.2) is 0 Å². The Balaban J connectivity index is 1.44. The minimum absolute atomic E-state index is 0.00376. The van der Waals surface area contributed by atoms with Gasteiger partial charge in [-0.15, -0.1) is 11.3 Å². The van der Waals surface area contributed by atoms with E-state index in [-0.39, 0.29) is 17.9 Å². The number of nitrogens with zero attached hydrogens (tertiary/aromatic N) is 2. The maximum Gasteiger partial charge on any atom is 0.264 e. The van der Waals surface area contributed by atoms with Gasteiger partial charge in [-0.05, 0) is 47.5 Å². The predicted octanol–water partition coefficient (Wildman–Crippen LogP) is 4.46. The van der Waals surface area contributed by atoms with Gasteiger partial charge in [-0.1, -0.05) is 12.1 Å². The van der Waals surface area contributed by atoms with Gasteiger partial charge < -0.3 is 19.7 Å². The number of amides is 2. The van der Waals surface area contributed by atoms with Gasteiger partial charge in [0.05, 0.1) is 21.2 Å². The number of hydrogen-bond acceptors (Lipinski definition) is 6. The summed E-state index contributed by atoms with van der Waals surface area (Å²) in [5.41, 5.74) is 1.35. The zero-order valence-corrected chi connectivity index (χ0v) is 19.1. The number of likely N-dealkylation sites (tertiary alicyclic amines) is 1. The first kappa shape index (κ1) is 21.4. The highest BCUT2D eigenvalue weighted by molar-refractivity contribution is 7.21. The summed E-state index contributed by atoms with van der Waals surface area (Å²) < 4.78 is 12.4. The van der Waals surface area contributed by atoms with Crippen LogP contribution in [0.5, 0.6) is 11.5 Å². The molecule has 2 aromatic carbocycles. The van der Waals surface area contributed by atoms with Crippen molar-refractivity contribution in [2.24, 2.45) is 0 Å². The van der Waals surface area contributed by atoms with Crippen LogP contribution in [-0.2, 0) is 4.74 Å². The van der Waals surface area contributed by atoms with Crippen LogP contribution >= 0.6 is 11.3 Å². The predicted molar refractivity (Wildman–Crippen MR) is 128 cm³/mol. The van der Waals surface area contributed by atoms with Crippen LogP contribution in [0.4, 0.5) is 0 Å². The van der Waals surface area contributed by atoms with Crippen molar-refractivity contribution < 1.29 is 19.1 Å². The number of aromatic nitrogens is 1. The first-order valence-corrected chi connectivity index (χ1v) is 11.5. The van der Waals surface area contributed by atoms with E-state index in [4.69, 9.17) is 9.47 Å². The molecule has 0 spiro atoms. The second-order valence-corrected chi connectivity index (χ2v) is 8.95. The van der Waals surface area contributed by atoms with Crippen LogP contribution in [0, 0.1) is 0 Å². The fourth-order valence-electron chi connectivity index (χ4n) is 4.15. The van der Waals surface area contributed by atoms with Crippen molar-refractivity contribution >= 4 is 44.1 Å². The van der Waals surface area contributed by atoms with Crippen LogP contribution < -0.4 is 10.1 Å². The standard InChI is InChI=1S/C25H23N3O4S/c1-26-24(29)19-5-3-4-15-12-16(6-7-18(15)19)32-21-8-10-27-20-13-22(33-23(20)21)25(30)28-11-9-17(14-28)31-2/h3-8,10,12-13,17H,9,11,14H2,1-2H3,(H,26,29)/t17-/m1/s1. The van der Waals surface area contributed by atoms with E-state index in [0.29, 0.717) is 35.0 Å². The maximum atomic E-state index is 13.0. The van der Waals surface area contributed by atoms with Gasteiger partial charge >= 0.3 is 0 Å². The van der Waals surface area contributed by atoms with Crippen LogP contribution in [-0.4, -0.2) is 55.0 Å². The maximum absolute atomic E-state index is 13.0. The van der Waals surface area contributed by atoms with Gasteiger partial charge in [-0.25, -0.2) is 0 Å². The fourth-order valence-corrected chi connectivity index (χ4v) is 5.18. The highest BCUT2D eigenvalue weighted by Crippen LogP contribution is 2.36. The minimum atomic E-state index is -0.129. The summed E-state index contributed by atoms with van der Waals surface area (Å²) in [4.78, 5) is 32.0. The molecule has 1 saturated heterocycles. The number of ether oxygens (including phenoxy) is 2. The lowest BCUT2D eigenvalue weighted by molar-refractivity contribution is 0.0728. The summed E-state index contributed by atoms with van der Waals surface area (Å²) in [6.07, 6.45) is 2.63. The summed E-state index contributed by atoms with van der Waals surface area (Å²) in [6, 6.07) is 14.9. The van der Waals surface area contributed by atoms with Gasteiger partial charge in [-0.2, -0.15) is 0 Å². The average Bonchev–Trinajstić information content (AvgIpc) is 3.50. The molecule has 1 aliphatic heterocycles. The van der Waals surface area contributed by atoms with E-state index in [1.807, 2.05) is 41.3 Å². The molecule has 168 valence electrons. The average molecular weight is 462 g/mol. The molecule has 33 heavy (non-hydrogen) atoms. The van der Waals surface area contributed by atoms with Crippen molar-refractivity contribution in [1.29, 1.82) is 0 Å². The van der Waals surface area contributed by atoms with E-state index < -0.39 is 0 Å². The van der Waals surface area contributed by atoms with Gasteiger partial charge in [0, 0.05) is 45.1 Å². The molecule has 4 aromatic rings. The van der Waals surface area contributed by atoms with Crippen molar-refractivity contribution in [3.8, 4) is 11.5 Å². The minimum Gasteiger partial charge on any atom is -0.456 e. The highest BCUT2D eigenvalue weighted by atomic mass is 32.1. The summed E-state index contributed by atoms with van der Waals surface area (Å²) in [7, 11) is 3.30. The second-order valence-electron chi connectivity index (χ2n) is 7.90. The van der Waals surface area contributed by atoms with Gasteiger partial charge in [0.25, 0.3) is 11.8 Å². The third-order valence-electron chi connectivity index (χ3n) is 5.90. The number of fused-ring (bicyclic) bond motifs is 2. The Kier molecular flexibility index (Phi) is 5.70. The van der Waals surface area contributed by atoms with E-state index in [2.05, 4.69) is 10.3 Å². The molecular formula is C25H23N3O4S. The summed E-state index contributed by atoms with van der Waals surface area (Å²) in [5, 5.41) is 4.43. The fraction of sp³-hybridized carbons (Fsp3) is 0.240. The van der Waals surface area contributed by atoms with Gasteiger partial charge in [0.1, 0.15) is 11.5 Å². The molecule has 0 radical (unpaired) electrons. The Morgan fingerprint density at radius 3 is 2.85 bits per heavy atom. The van der Waals surface area contributed by atoms with Gasteiger partial charge in [-0.3, -0.25) is 14.6 Å². The van der Waals surface area contributed by atoms with Crippen molar-refractivity contribution in [3.05, 3.63) is 65.2 Å². The first-order chi connectivity index (χ1) is 16.1. The number of methoxy groups -OCH3 is 1. The lowest BCUT2D eigenvalue weighted by Crippen LogP contribution is -2.29. The lowest BCUT2D eigenvalue weighted by atomic mass is 10.0. The Morgan fingerprint density at radius 2 is 2.06 bits per heavy atom. The number of pyridine rings is 1. The van der Waals surface area contributed by atoms with E-state index >= 15 is 0 Å². The van der Waals surface area contributed by atoms with Crippen LogP contribution in [0.25, 0.3) is 21.0 Å². The van der Waals surface area contributed by atoms with Crippen LogP contribution in [0.2, 0.25) is 0 Å². The van der Waals surface area contributed by atoms with Crippen molar-refractivity contribution in [2.45, 2.75) is 12.5 Å². The van der Waals surface area contributed by atoms with Crippen LogP contribution in [0.1, 0.15) is 26.5 Å². The summed E-state index contributed by atoms with van der Waals surface area (Å²) in [6.45, 7) is 1.30. The molecule has 1 atom stereocenters. The second kappa shape index (κ2) is 8.80. The van der Waals surface area contributed by atoms with Gasteiger partial charge in [0.2, 0.25) is 0 Å². The third kappa shape index (κ3) is 4.03. The summed E-state index contributed by atoms with van der Waals surface area (Å²) >= 11 is 1.39. The molecule has 3 heterocycles. The number of thiophene rings is 1. The quantitative estimate of drug-likeness (QED) is 0.475. The Bertz CT molecular complexity index is 1370. The number of carbonyl (C=O) groups is 2. The Labute approximate surface area is 194 Å². The molecule has 2 amide bonds. The summed E-state index contributed by atoms with van der Waals surface area (Å²) in [5.74, 6) is 1.15. The molecule has 2 aromatic heterocycles. The molecule has 1 aliphatic rings. The SMILES string of the molecule is CNC(=O)c1cccc2cc(Oc3ccnc4cc(C(=O)N5CC[C@@H](OC)C5)sc34)ccc12. The number of benzene rings is 2. The highest BCUT2D eigenvalue weighted by Gasteiger charge is 2.28. The molecule has 1 N–H and O–H groups in total. The van der Waals surface area contributed by atoms with Crippen molar-refractivity contribution in [1.82, 2.24) is 15.2 Å². The van der Waals surface area contributed by atoms with E-state index in [9.17, 15) is 9.59 Å². The van der Waals surface area contributed by atoms with E-state index in [1.54, 1.807) is 32.5 Å². The topological polar surface area (TPSA) is 80.8 Å². The Hall–Kier alpha value is -3.49. The number of nitrogens with one attached hydrogen (secondary N) is 1.